The van der Waals surface area contributed by atoms with Crippen LogP contribution in [0.25, 0.3) is 6.08 Å². The average Bonchev–Trinajstić information content (AvgIpc) is 2.61. The monoisotopic (exact) mass is 340 g/mol. The van der Waals surface area contributed by atoms with E-state index in [1.807, 2.05) is 19.9 Å². The summed E-state index contributed by atoms with van der Waals surface area (Å²) >= 11 is 0. The minimum Gasteiger partial charge on any atom is -0.508 e. The molecule has 2 rings (SSSR count). The van der Waals surface area contributed by atoms with E-state index >= 15 is 0 Å². The van der Waals surface area contributed by atoms with Crippen molar-refractivity contribution in [2.24, 2.45) is 0 Å². The molecule has 0 aliphatic heterocycles. The van der Waals surface area contributed by atoms with Crippen LogP contribution in [0.15, 0.2) is 42.5 Å². The summed E-state index contributed by atoms with van der Waals surface area (Å²) in [6, 6.07) is 9.61. The average molecular weight is 340 g/mol. The zero-order valence-electron chi connectivity index (χ0n) is 14.7. The summed E-state index contributed by atoms with van der Waals surface area (Å²) < 4.78 is 5.70. The predicted molar refractivity (Wildman–Crippen MR) is 99.4 cm³/mol. The molecule has 2 aromatic rings. The van der Waals surface area contributed by atoms with Gasteiger partial charge in [0, 0.05) is 17.2 Å². The van der Waals surface area contributed by atoms with Gasteiger partial charge in [0.1, 0.15) is 17.2 Å². The smallest absolute Gasteiger partial charge is 0.185 e. The van der Waals surface area contributed by atoms with Crippen LogP contribution in [0, 0.1) is 0 Å². The van der Waals surface area contributed by atoms with E-state index in [9.17, 15) is 15.0 Å². The Morgan fingerprint density at radius 3 is 2.44 bits per heavy atom. The van der Waals surface area contributed by atoms with Crippen molar-refractivity contribution in [2.75, 3.05) is 6.61 Å². The van der Waals surface area contributed by atoms with Gasteiger partial charge in [0.05, 0.1) is 6.61 Å². The molecule has 0 heterocycles. The first-order chi connectivity index (χ1) is 12.0. The number of carbonyl (C=O) groups is 1. The lowest BCUT2D eigenvalue weighted by Gasteiger charge is -2.12. The van der Waals surface area contributed by atoms with Crippen molar-refractivity contribution in [1.29, 1.82) is 0 Å². The molecule has 0 aromatic heterocycles. The number of allylic oxidation sites excluding steroid dienone is 1. The number of aromatic hydroxyl groups is 2. The van der Waals surface area contributed by atoms with E-state index in [-0.39, 0.29) is 17.3 Å². The van der Waals surface area contributed by atoms with Gasteiger partial charge in [-0.15, -0.1) is 0 Å². The highest BCUT2D eigenvalue weighted by Crippen LogP contribution is 2.30. The first-order valence-electron chi connectivity index (χ1n) is 8.55. The molecule has 0 aliphatic carbocycles. The number of hydrogen-bond acceptors (Lipinski definition) is 4. The summed E-state index contributed by atoms with van der Waals surface area (Å²) in [7, 11) is 0. The molecule has 0 bridgehead atoms. The fourth-order valence-electron chi connectivity index (χ4n) is 2.46. The molecule has 0 amide bonds. The third-order valence-electron chi connectivity index (χ3n) is 3.76. The lowest BCUT2D eigenvalue weighted by atomic mass is 10.0. The number of rotatable bonds is 8. The standard InChI is InChI=1S/C21H24O4/c1-3-5-16-13-17(21(14-20(16)24)25-12-4-2)8-11-19(23)15-6-9-18(22)10-7-15/h6-11,13-14,22,24H,3-5,12H2,1-2H3/b11-8+. The van der Waals surface area contributed by atoms with Gasteiger partial charge >= 0.3 is 0 Å². The predicted octanol–water partition coefficient (Wildman–Crippen LogP) is 4.74. The second-order valence-electron chi connectivity index (χ2n) is 5.86. The number of hydrogen-bond donors (Lipinski definition) is 2. The molecule has 25 heavy (non-hydrogen) atoms. The Kier molecular flexibility index (Phi) is 6.63. The summed E-state index contributed by atoms with van der Waals surface area (Å²) in [6.45, 7) is 4.60. The fourth-order valence-corrected chi connectivity index (χ4v) is 2.46. The van der Waals surface area contributed by atoms with Crippen LogP contribution in [0.5, 0.6) is 17.2 Å². The molecule has 0 radical (unpaired) electrons. The second kappa shape index (κ2) is 8.92. The minimum atomic E-state index is -0.161. The maximum atomic E-state index is 12.3. The molecule has 0 atom stereocenters. The summed E-state index contributed by atoms with van der Waals surface area (Å²) in [5.74, 6) is 0.744. The quantitative estimate of drug-likeness (QED) is 0.538. The van der Waals surface area contributed by atoms with Gasteiger partial charge in [-0.25, -0.2) is 0 Å². The molecular weight excluding hydrogens is 316 g/mol. The summed E-state index contributed by atoms with van der Waals surface area (Å²) in [6.07, 6.45) is 5.71. The molecule has 0 saturated carbocycles. The number of ether oxygens (including phenoxy) is 1. The Hall–Kier alpha value is -2.75. The second-order valence-corrected chi connectivity index (χ2v) is 5.86. The Balaban J connectivity index is 2.29. The van der Waals surface area contributed by atoms with Crippen LogP contribution in [0.1, 0.15) is 48.2 Å². The Morgan fingerprint density at radius 2 is 1.80 bits per heavy atom. The van der Waals surface area contributed by atoms with Gasteiger partial charge < -0.3 is 14.9 Å². The third kappa shape index (κ3) is 5.11. The normalized spacial score (nSPS) is 11.0. The van der Waals surface area contributed by atoms with E-state index in [1.54, 1.807) is 24.3 Å². The number of ketones is 1. The van der Waals surface area contributed by atoms with Gasteiger partial charge in [0.2, 0.25) is 0 Å². The van der Waals surface area contributed by atoms with Crippen LogP contribution in [-0.4, -0.2) is 22.6 Å². The number of phenolic OH excluding ortho intramolecular Hbond substituents is 2. The highest BCUT2D eigenvalue weighted by atomic mass is 16.5. The van der Waals surface area contributed by atoms with Crippen molar-refractivity contribution in [1.82, 2.24) is 0 Å². The first kappa shape index (κ1) is 18.6. The number of phenols is 2. The van der Waals surface area contributed by atoms with Crippen LogP contribution in [0.2, 0.25) is 0 Å². The van der Waals surface area contributed by atoms with E-state index in [2.05, 4.69) is 0 Å². The van der Waals surface area contributed by atoms with Gasteiger partial charge in [-0.3, -0.25) is 4.79 Å². The highest BCUT2D eigenvalue weighted by molar-refractivity contribution is 6.07. The Bertz CT molecular complexity index is 745. The largest absolute Gasteiger partial charge is 0.508 e. The molecule has 2 aromatic carbocycles. The van der Waals surface area contributed by atoms with Crippen molar-refractivity contribution in [3.05, 3.63) is 59.2 Å². The van der Waals surface area contributed by atoms with Gasteiger partial charge in [0.25, 0.3) is 0 Å². The van der Waals surface area contributed by atoms with Gasteiger partial charge in [0.15, 0.2) is 5.78 Å². The third-order valence-corrected chi connectivity index (χ3v) is 3.76. The van der Waals surface area contributed by atoms with E-state index < -0.39 is 0 Å². The van der Waals surface area contributed by atoms with Crippen molar-refractivity contribution in [3.63, 3.8) is 0 Å². The molecule has 132 valence electrons. The molecule has 0 spiro atoms. The summed E-state index contributed by atoms with van der Waals surface area (Å²) in [4.78, 5) is 12.3. The number of aryl methyl sites for hydroxylation is 1. The van der Waals surface area contributed by atoms with Crippen LogP contribution in [0.3, 0.4) is 0 Å². The Morgan fingerprint density at radius 1 is 1.08 bits per heavy atom. The zero-order chi connectivity index (χ0) is 18.2. The topological polar surface area (TPSA) is 66.8 Å². The van der Waals surface area contributed by atoms with Crippen molar-refractivity contribution < 1.29 is 19.7 Å². The van der Waals surface area contributed by atoms with E-state index in [4.69, 9.17) is 4.74 Å². The lowest BCUT2D eigenvalue weighted by molar-refractivity contribution is 0.104. The van der Waals surface area contributed by atoms with Crippen LogP contribution in [-0.2, 0) is 6.42 Å². The van der Waals surface area contributed by atoms with Gasteiger partial charge in [-0.2, -0.15) is 0 Å². The maximum absolute atomic E-state index is 12.3. The number of benzene rings is 2. The van der Waals surface area contributed by atoms with Crippen LogP contribution >= 0.6 is 0 Å². The molecule has 4 heteroatoms. The van der Waals surface area contributed by atoms with Gasteiger partial charge in [-0.1, -0.05) is 20.3 Å². The van der Waals surface area contributed by atoms with Crippen LogP contribution < -0.4 is 4.74 Å². The summed E-state index contributed by atoms with van der Waals surface area (Å²) in [5, 5.41) is 19.4. The molecule has 0 aliphatic rings. The Labute approximate surface area is 148 Å². The molecule has 0 unspecified atom stereocenters. The molecule has 0 fully saturated rings. The maximum Gasteiger partial charge on any atom is 0.185 e. The molecule has 2 N–H and O–H groups in total. The van der Waals surface area contributed by atoms with Crippen molar-refractivity contribution in [3.8, 4) is 17.2 Å². The van der Waals surface area contributed by atoms with Crippen molar-refractivity contribution in [2.45, 2.75) is 33.1 Å². The van der Waals surface area contributed by atoms with Gasteiger partial charge in [-0.05, 0) is 60.9 Å². The van der Waals surface area contributed by atoms with E-state index in [1.165, 1.54) is 18.2 Å². The molecular formula is C21H24O4. The minimum absolute atomic E-state index is 0.124. The number of carbonyl (C=O) groups excluding carboxylic acids is 1. The molecule has 4 nitrogen and oxygen atoms in total. The highest BCUT2D eigenvalue weighted by Gasteiger charge is 2.09. The van der Waals surface area contributed by atoms with Crippen LogP contribution in [0.4, 0.5) is 0 Å². The lowest BCUT2D eigenvalue weighted by Crippen LogP contribution is -1.99. The van der Waals surface area contributed by atoms with Crippen molar-refractivity contribution >= 4 is 11.9 Å². The first-order valence-corrected chi connectivity index (χ1v) is 8.55. The summed E-state index contributed by atoms with van der Waals surface area (Å²) in [5.41, 5.74) is 2.10. The zero-order valence-corrected chi connectivity index (χ0v) is 14.7. The van der Waals surface area contributed by atoms with E-state index in [0.29, 0.717) is 17.9 Å². The fraction of sp³-hybridized carbons (Fsp3) is 0.286. The SMILES string of the molecule is CCCOc1cc(O)c(CCC)cc1/C=C/C(=O)c1ccc(O)cc1. The molecule has 0 saturated heterocycles. The van der Waals surface area contributed by atoms with E-state index in [0.717, 1.165) is 30.4 Å².